The molecule has 0 radical (unpaired) electrons. The molecule has 0 spiro atoms. The van der Waals surface area contributed by atoms with Crippen molar-refractivity contribution in [1.29, 1.82) is 0 Å². The number of rotatable bonds is 3. The molecule has 0 atom stereocenters. The van der Waals surface area contributed by atoms with Crippen molar-refractivity contribution >= 4 is 16.9 Å². The maximum absolute atomic E-state index is 13.8. The van der Waals surface area contributed by atoms with Crippen LogP contribution in [0.5, 0.6) is 5.75 Å². The van der Waals surface area contributed by atoms with Gasteiger partial charge in [0.15, 0.2) is 5.78 Å². The van der Waals surface area contributed by atoms with Crippen LogP contribution in [0.1, 0.15) is 125 Å². The Bertz CT molecular complexity index is 1390. The summed E-state index contributed by atoms with van der Waals surface area (Å²) in [4.78, 5) is 13.8. The lowest BCUT2D eigenvalue weighted by Gasteiger charge is -2.32. The first-order chi connectivity index (χ1) is 18.6. The fraction of sp³-hybridized carbons (Fsp3) is 0.462. The third-order valence-electron chi connectivity index (χ3n) is 8.07. The van der Waals surface area contributed by atoms with E-state index >= 15 is 0 Å². The second kappa shape index (κ2) is 10.9. The van der Waals surface area contributed by atoms with Crippen LogP contribution in [0.3, 0.4) is 0 Å². The molecule has 0 aliphatic heterocycles. The van der Waals surface area contributed by atoms with Crippen molar-refractivity contribution < 1.29 is 9.90 Å². The molecule has 2 aromatic rings. The van der Waals surface area contributed by atoms with Gasteiger partial charge in [0.05, 0.1) is 0 Å². The topological polar surface area (TPSA) is 37.3 Å². The molecule has 220 valence electrons. The second-order valence-corrected chi connectivity index (χ2v) is 15.7. The summed E-state index contributed by atoms with van der Waals surface area (Å²) in [5.74, 6) is 0.497. The maximum Gasteiger partial charge on any atom is 0.186 e. The third kappa shape index (κ3) is 6.85. The van der Waals surface area contributed by atoms with Gasteiger partial charge in [0.1, 0.15) is 5.75 Å². The lowest BCUT2D eigenvalue weighted by atomic mass is 9.70. The lowest BCUT2D eigenvalue weighted by Crippen LogP contribution is -2.28. The number of ketones is 1. The van der Waals surface area contributed by atoms with Crippen molar-refractivity contribution in [3.63, 3.8) is 0 Å². The number of benzene rings is 2. The first-order valence-electron chi connectivity index (χ1n) is 14.9. The average molecular weight is 553 g/mol. The van der Waals surface area contributed by atoms with E-state index in [9.17, 15) is 9.90 Å². The Balaban J connectivity index is 2.58. The molecule has 0 unspecified atom stereocenters. The molecule has 0 fully saturated rings. The van der Waals surface area contributed by atoms with Crippen LogP contribution in [0.25, 0.3) is 11.1 Å². The highest BCUT2D eigenvalue weighted by Crippen LogP contribution is 2.45. The van der Waals surface area contributed by atoms with Crippen LogP contribution in [-0.2, 0) is 15.6 Å². The zero-order chi connectivity index (χ0) is 31.3. The first-order valence-corrected chi connectivity index (χ1v) is 14.9. The summed E-state index contributed by atoms with van der Waals surface area (Å²) in [5, 5.41) is 11.5. The molecular formula is C39H52O2. The minimum Gasteiger partial charge on any atom is -0.507 e. The SMILES string of the molecule is C/C=C(/C)c1ccc(C(=C2C=C(C(C)(C)C)C(=O)C(C(C)(C)C)=C2)c2cc(C(C)(C)C)c(O)c(C(C)(C)C)c2)cc1. The van der Waals surface area contributed by atoms with Gasteiger partial charge in [0.2, 0.25) is 0 Å². The molecule has 2 nitrogen and oxygen atoms in total. The molecular weight excluding hydrogens is 500 g/mol. The van der Waals surface area contributed by atoms with E-state index in [1.54, 1.807) is 0 Å². The van der Waals surface area contributed by atoms with Gasteiger partial charge >= 0.3 is 0 Å². The van der Waals surface area contributed by atoms with E-state index in [1.807, 2.05) is 0 Å². The van der Waals surface area contributed by atoms with Gasteiger partial charge in [0, 0.05) is 22.3 Å². The molecule has 2 heteroatoms. The summed E-state index contributed by atoms with van der Waals surface area (Å²) >= 11 is 0. The van der Waals surface area contributed by atoms with Gasteiger partial charge in [-0.3, -0.25) is 4.79 Å². The number of phenolic OH excluding ortho intramolecular Hbond substituents is 1. The number of carbonyl (C=O) groups is 1. The minimum absolute atomic E-state index is 0.128. The summed E-state index contributed by atoms with van der Waals surface area (Å²) in [5.41, 5.74) is 9.00. The van der Waals surface area contributed by atoms with Crippen LogP contribution in [0, 0.1) is 10.8 Å². The van der Waals surface area contributed by atoms with E-state index < -0.39 is 0 Å². The Morgan fingerprint density at radius 1 is 0.634 bits per heavy atom. The molecule has 1 aliphatic rings. The third-order valence-corrected chi connectivity index (χ3v) is 8.07. The zero-order valence-electron chi connectivity index (χ0n) is 28.1. The van der Waals surface area contributed by atoms with Crippen LogP contribution in [0.2, 0.25) is 0 Å². The lowest BCUT2D eigenvalue weighted by molar-refractivity contribution is -0.114. The normalized spacial score (nSPS) is 15.6. The van der Waals surface area contributed by atoms with Crippen LogP contribution in [0.4, 0.5) is 0 Å². The van der Waals surface area contributed by atoms with Crippen LogP contribution >= 0.6 is 0 Å². The quantitative estimate of drug-likeness (QED) is 0.411. The fourth-order valence-electron chi connectivity index (χ4n) is 5.38. The van der Waals surface area contributed by atoms with Crippen LogP contribution < -0.4 is 0 Å². The molecule has 0 saturated heterocycles. The molecule has 0 bridgehead atoms. The summed E-state index contributed by atoms with van der Waals surface area (Å²) < 4.78 is 0. The average Bonchev–Trinajstić information content (AvgIpc) is 2.82. The predicted molar refractivity (Wildman–Crippen MR) is 177 cm³/mol. The Kier molecular flexibility index (Phi) is 8.64. The number of hydrogen-bond acceptors (Lipinski definition) is 2. The van der Waals surface area contributed by atoms with Crippen molar-refractivity contribution in [1.82, 2.24) is 0 Å². The van der Waals surface area contributed by atoms with Gasteiger partial charge in [0.25, 0.3) is 0 Å². The standard InChI is InChI=1S/C39H52O2/c1-15-24(2)25-16-18-26(19-17-25)33(27-20-29(36(3,4)5)34(40)30(21-27)37(6,7)8)28-22-31(38(9,10)11)35(41)32(23-28)39(12,13)14/h15-23,40H,1-14H3/b24-15-. The van der Waals surface area contributed by atoms with Gasteiger partial charge in [-0.2, -0.15) is 0 Å². The minimum atomic E-state index is -0.312. The summed E-state index contributed by atoms with van der Waals surface area (Å²) in [7, 11) is 0. The predicted octanol–water partition coefficient (Wildman–Crippen LogP) is 10.7. The number of aromatic hydroxyl groups is 1. The Hall–Kier alpha value is -3.13. The van der Waals surface area contributed by atoms with Crippen molar-refractivity contribution in [3.8, 4) is 5.75 Å². The van der Waals surface area contributed by atoms with Crippen molar-refractivity contribution in [2.75, 3.05) is 0 Å². The number of Topliss-reactive ketones (excluding diaryl/α,β-unsaturated/α-hetero) is 1. The molecule has 0 aromatic heterocycles. The smallest absolute Gasteiger partial charge is 0.186 e. The van der Waals surface area contributed by atoms with Crippen molar-refractivity contribution in [2.45, 2.75) is 108 Å². The number of phenols is 1. The van der Waals surface area contributed by atoms with Crippen molar-refractivity contribution in [2.24, 2.45) is 10.8 Å². The highest BCUT2D eigenvalue weighted by molar-refractivity contribution is 6.12. The number of hydrogen-bond donors (Lipinski definition) is 1. The fourth-order valence-corrected chi connectivity index (χ4v) is 5.38. The molecule has 0 saturated carbocycles. The van der Waals surface area contributed by atoms with Crippen LogP contribution in [-0.4, -0.2) is 10.9 Å². The Morgan fingerprint density at radius 2 is 1.02 bits per heavy atom. The Morgan fingerprint density at radius 3 is 1.37 bits per heavy atom. The highest BCUT2D eigenvalue weighted by Gasteiger charge is 2.35. The van der Waals surface area contributed by atoms with Gasteiger partial charge in [-0.15, -0.1) is 0 Å². The monoisotopic (exact) mass is 552 g/mol. The molecule has 1 aliphatic carbocycles. The van der Waals surface area contributed by atoms with Gasteiger partial charge < -0.3 is 5.11 Å². The van der Waals surface area contributed by atoms with Crippen molar-refractivity contribution in [3.05, 3.63) is 99.2 Å². The first kappa shape index (κ1) is 32.4. The molecule has 0 heterocycles. The second-order valence-electron chi connectivity index (χ2n) is 15.7. The summed E-state index contributed by atoms with van der Waals surface area (Å²) in [6.07, 6.45) is 6.35. The van der Waals surface area contributed by atoms with E-state index in [1.165, 1.54) is 11.1 Å². The summed E-state index contributed by atoms with van der Waals surface area (Å²) in [6, 6.07) is 13.1. The maximum atomic E-state index is 13.8. The van der Waals surface area contributed by atoms with Gasteiger partial charge in [-0.05, 0) is 93.2 Å². The van der Waals surface area contributed by atoms with E-state index in [2.05, 4.69) is 152 Å². The van der Waals surface area contributed by atoms with E-state index in [0.717, 1.165) is 44.5 Å². The largest absolute Gasteiger partial charge is 0.507 e. The zero-order valence-corrected chi connectivity index (χ0v) is 28.1. The van der Waals surface area contributed by atoms with Gasteiger partial charge in [-0.25, -0.2) is 0 Å². The molecule has 0 amide bonds. The van der Waals surface area contributed by atoms with Crippen LogP contribution in [0.15, 0.2) is 71.3 Å². The molecule has 1 N–H and O–H groups in total. The van der Waals surface area contributed by atoms with Gasteiger partial charge in [-0.1, -0.05) is 113 Å². The Labute approximate surface area is 250 Å². The number of allylic oxidation sites excluding steroid dienone is 7. The highest BCUT2D eigenvalue weighted by atomic mass is 16.3. The van der Waals surface area contributed by atoms with E-state index in [-0.39, 0.29) is 27.4 Å². The van der Waals surface area contributed by atoms with E-state index in [0.29, 0.717) is 5.75 Å². The molecule has 2 aromatic carbocycles. The molecule has 41 heavy (non-hydrogen) atoms. The molecule has 3 rings (SSSR count). The van der Waals surface area contributed by atoms with E-state index in [4.69, 9.17) is 0 Å². The number of carbonyl (C=O) groups excluding carboxylic acids is 1. The summed E-state index contributed by atoms with van der Waals surface area (Å²) in [6.45, 7) is 29.8.